The highest BCUT2D eigenvalue weighted by Gasteiger charge is 2.11. The number of nitrogens with zero attached hydrogens (tertiary/aromatic N) is 2. The van der Waals surface area contributed by atoms with E-state index >= 15 is 0 Å². The predicted molar refractivity (Wildman–Crippen MR) is 71.7 cm³/mol. The molecule has 18 heavy (non-hydrogen) atoms. The molecule has 6 heteroatoms. The molecule has 0 radical (unpaired) electrons. The van der Waals surface area contributed by atoms with Gasteiger partial charge in [0.05, 0.1) is 11.4 Å². The lowest BCUT2D eigenvalue weighted by molar-refractivity contribution is 0.630. The third-order valence-corrected chi connectivity index (χ3v) is 3.36. The number of nitrogens with one attached hydrogen (secondary N) is 1. The van der Waals surface area contributed by atoms with Crippen molar-refractivity contribution in [2.24, 2.45) is 7.05 Å². The molecule has 0 unspecified atom stereocenters. The Morgan fingerprint density at radius 2 is 2.11 bits per heavy atom. The molecule has 0 aliphatic carbocycles. The van der Waals surface area contributed by atoms with E-state index in [1.807, 2.05) is 6.92 Å². The van der Waals surface area contributed by atoms with Gasteiger partial charge in [0.25, 0.3) is 0 Å². The predicted octanol–water partition coefficient (Wildman–Crippen LogP) is 3.79. The Morgan fingerprint density at radius 1 is 1.39 bits per heavy atom. The summed E-state index contributed by atoms with van der Waals surface area (Å²) in [5.41, 5.74) is 2.01. The minimum absolute atomic E-state index is 0.349. The maximum Gasteiger partial charge on any atom is 0.146 e. The second-order valence-electron chi connectivity index (χ2n) is 3.96. The summed E-state index contributed by atoms with van der Waals surface area (Å²) in [6.07, 6.45) is 0. The summed E-state index contributed by atoms with van der Waals surface area (Å²) in [5, 5.41) is 8.18. The SMILES string of the molecule is Cc1nn(C)c(Cl)c1CNc1cc(Cl)ccc1F. The van der Waals surface area contributed by atoms with E-state index in [1.165, 1.54) is 18.2 Å². The monoisotopic (exact) mass is 287 g/mol. The number of hydrogen-bond donors (Lipinski definition) is 1. The Labute approximate surface area is 115 Å². The minimum atomic E-state index is -0.350. The third kappa shape index (κ3) is 2.60. The van der Waals surface area contributed by atoms with Gasteiger partial charge in [0, 0.05) is 24.2 Å². The quantitative estimate of drug-likeness (QED) is 0.931. The van der Waals surface area contributed by atoms with Crippen molar-refractivity contribution in [2.45, 2.75) is 13.5 Å². The zero-order valence-corrected chi connectivity index (χ0v) is 11.5. The molecule has 1 heterocycles. The second-order valence-corrected chi connectivity index (χ2v) is 4.75. The molecule has 3 nitrogen and oxygen atoms in total. The van der Waals surface area contributed by atoms with Gasteiger partial charge < -0.3 is 5.32 Å². The maximum atomic E-state index is 13.5. The lowest BCUT2D eigenvalue weighted by atomic mass is 10.2. The first kappa shape index (κ1) is 13.2. The molecule has 0 saturated carbocycles. The van der Waals surface area contributed by atoms with Crippen molar-refractivity contribution in [3.05, 3.63) is 45.4 Å². The van der Waals surface area contributed by atoms with Gasteiger partial charge in [0.15, 0.2) is 0 Å². The molecule has 96 valence electrons. The van der Waals surface area contributed by atoms with Gasteiger partial charge in [-0.15, -0.1) is 0 Å². The lowest BCUT2D eigenvalue weighted by Crippen LogP contribution is -2.02. The average molecular weight is 288 g/mol. The Kier molecular flexibility index (Phi) is 3.78. The van der Waals surface area contributed by atoms with E-state index in [4.69, 9.17) is 23.2 Å². The van der Waals surface area contributed by atoms with Crippen molar-refractivity contribution in [3.63, 3.8) is 0 Å². The first-order valence-electron chi connectivity index (χ1n) is 5.36. The Hall–Kier alpha value is -1.26. The fourth-order valence-electron chi connectivity index (χ4n) is 1.69. The van der Waals surface area contributed by atoms with Crippen LogP contribution in [-0.2, 0) is 13.6 Å². The van der Waals surface area contributed by atoms with E-state index in [1.54, 1.807) is 11.7 Å². The highest BCUT2D eigenvalue weighted by atomic mass is 35.5. The molecule has 0 aliphatic heterocycles. The number of halogens is 3. The summed E-state index contributed by atoms with van der Waals surface area (Å²) in [6.45, 7) is 2.26. The standard InChI is InChI=1S/C12H12Cl2FN3/c1-7-9(12(14)18(2)17-7)6-16-11-5-8(13)3-4-10(11)15/h3-5,16H,6H2,1-2H3. The Balaban J connectivity index is 2.19. The lowest BCUT2D eigenvalue weighted by Gasteiger charge is -2.08. The molecule has 0 fully saturated rings. The van der Waals surface area contributed by atoms with Crippen molar-refractivity contribution < 1.29 is 4.39 Å². The second kappa shape index (κ2) is 5.16. The van der Waals surface area contributed by atoms with E-state index in [-0.39, 0.29) is 5.82 Å². The maximum absolute atomic E-state index is 13.5. The zero-order chi connectivity index (χ0) is 13.3. The number of aryl methyl sites for hydroxylation is 2. The van der Waals surface area contributed by atoms with E-state index < -0.39 is 0 Å². The summed E-state index contributed by atoms with van der Waals surface area (Å²) in [4.78, 5) is 0. The van der Waals surface area contributed by atoms with Crippen molar-refractivity contribution in [1.82, 2.24) is 9.78 Å². The van der Waals surface area contributed by atoms with Crippen molar-refractivity contribution in [1.29, 1.82) is 0 Å². The molecule has 2 rings (SSSR count). The fraction of sp³-hybridized carbons (Fsp3) is 0.250. The van der Waals surface area contributed by atoms with Gasteiger partial charge in [-0.1, -0.05) is 23.2 Å². The van der Waals surface area contributed by atoms with Gasteiger partial charge in [0.1, 0.15) is 11.0 Å². The zero-order valence-electron chi connectivity index (χ0n) is 9.97. The molecular formula is C12H12Cl2FN3. The van der Waals surface area contributed by atoms with Crippen LogP contribution >= 0.6 is 23.2 Å². The largest absolute Gasteiger partial charge is 0.378 e. The number of hydrogen-bond acceptors (Lipinski definition) is 2. The van der Waals surface area contributed by atoms with Crippen molar-refractivity contribution in [2.75, 3.05) is 5.32 Å². The van der Waals surface area contributed by atoms with Crippen LogP contribution in [0.2, 0.25) is 10.2 Å². The van der Waals surface area contributed by atoms with Gasteiger partial charge in [-0.2, -0.15) is 5.10 Å². The molecule has 0 bridgehead atoms. The van der Waals surface area contributed by atoms with Crippen LogP contribution in [-0.4, -0.2) is 9.78 Å². The highest BCUT2D eigenvalue weighted by Crippen LogP contribution is 2.23. The number of benzene rings is 1. The molecule has 0 saturated heterocycles. The van der Waals surface area contributed by atoms with Crippen LogP contribution in [0, 0.1) is 12.7 Å². The number of anilines is 1. The van der Waals surface area contributed by atoms with Crippen LogP contribution < -0.4 is 5.32 Å². The van der Waals surface area contributed by atoms with Crippen molar-refractivity contribution in [3.8, 4) is 0 Å². The normalized spacial score (nSPS) is 10.7. The Morgan fingerprint density at radius 3 is 2.72 bits per heavy atom. The van der Waals surface area contributed by atoms with E-state index in [0.29, 0.717) is 22.4 Å². The van der Waals surface area contributed by atoms with E-state index in [9.17, 15) is 4.39 Å². The van der Waals surface area contributed by atoms with Crippen LogP contribution in [0.15, 0.2) is 18.2 Å². The average Bonchev–Trinajstić information content (AvgIpc) is 2.55. The molecule has 0 atom stereocenters. The smallest absolute Gasteiger partial charge is 0.146 e. The number of aromatic nitrogens is 2. The van der Waals surface area contributed by atoms with Crippen LogP contribution in [0.1, 0.15) is 11.3 Å². The fourth-order valence-corrected chi connectivity index (χ4v) is 2.10. The van der Waals surface area contributed by atoms with Gasteiger partial charge in [-0.3, -0.25) is 4.68 Å². The van der Waals surface area contributed by atoms with Gasteiger partial charge in [-0.25, -0.2) is 4.39 Å². The van der Waals surface area contributed by atoms with Gasteiger partial charge in [-0.05, 0) is 25.1 Å². The van der Waals surface area contributed by atoms with Gasteiger partial charge in [0.2, 0.25) is 0 Å². The third-order valence-electron chi connectivity index (χ3n) is 2.65. The molecular weight excluding hydrogens is 276 g/mol. The van der Waals surface area contributed by atoms with E-state index in [0.717, 1.165) is 11.3 Å². The molecule has 1 N–H and O–H groups in total. The van der Waals surface area contributed by atoms with Crippen LogP contribution in [0.5, 0.6) is 0 Å². The number of rotatable bonds is 3. The summed E-state index contributed by atoms with van der Waals surface area (Å²) in [5.74, 6) is -0.350. The molecule has 0 spiro atoms. The highest BCUT2D eigenvalue weighted by molar-refractivity contribution is 6.31. The summed E-state index contributed by atoms with van der Waals surface area (Å²) in [6, 6.07) is 4.36. The summed E-state index contributed by atoms with van der Waals surface area (Å²) >= 11 is 11.9. The van der Waals surface area contributed by atoms with Crippen molar-refractivity contribution >= 4 is 28.9 Å². The van der Waals surface area contributed by atoms with Crippen LogP contribution in [0.3, 0.4) is 0 Å². The Bertz CT molecular complexity index is 581. The van der Waals surface area contributed by atoms with Crippen LogP contribution in [0.4, 0.5) is 10.1 Å². The summed E-state index contributed by atoms with van der Waals surface area (Å²) < 4.78 is 15.1. The topological polar surface area (TPSA) is 29.9 Å². The molecule has 0 aliphatic rings. The molecule has 1 aromatic heterocycles. The van der Waals surface area contributed by atoms with E-state index in [2.05, 4.69) is 10.4 Å². The first-order chi connectivity index (χ1) is 8.49. The molecule has 2 aromatic rings. The summed E-state index contributed by atoms with van der Waals surface area (Å²) in [7, 11) is 1.76. The van der Waals surface area contributed by atoms with Gasteiger partial charge >= 0.3 is 0 Å². The first-order valence-corrected chi connectivity index (χ1v) is 6.11. The van der Waals surface area contributed by atoms with Crippen LogP contribution in [0.25, 0.3) is 0 Å². The molecule has 1 aromatic carbocycles. The molecule has 0 amide bonds. The minimum Gasteiger partial charge on any atom is -0.378 e.